The minimum absolute atomic E-state index is 0.138. The first-order valence-corrected chi connectivity index (χ1v) is 8.30. The van der Waals surface area contributed by atoms with Crippen molar-refractivity contribution in [3.8, 4) is 11.5 Å². The van der Waals surface area contributed by atoms with Crippen LogP contribution >= 0.6 is 0 Å². The second-order valence-corrected chi connectivity index (χ2v) is 6.40. The van der Waals surface area contributed by atoms with Crippen molar-refractivity contribution < 1.29 is 18.9 Å². The quantitative estimate of drug-likeness (QED) is 0.532. The Morgan fingerprint density at radius 1 is 0.625 bits per heavy atom. The second kappa shape index (κ2) is 5.10. The largest absolute Gasteiger partial charge is 0.461 e. The van der Waals surface area contributed by atoms with Crippen molar-refractivity contribution in [3.05, 3.63) is 48.5 Å². The van der Waals surface area contributed by atoms with Crippen molar-refractivity contribution in [1.29, 1.82) is 0 Å². The summed E-state index contributed by atoms with van der Waals surface area (Å²) in [6, 6.07) is 16.3. The van der Waals surface area contributed by atoms with Crippen LogP contribution in [0.2, 0.25) is 0 Å². The summed E-state index contributed by atoms with van der Waals surface area (Å²) in [5, 5.41) is 4.12. The highest BCUT2D eigenvalue weighted by Gasteiger charge is 2.39. The Morgan fingerprint density at radius 2 is 0.917 bits per heavy atom. The molecule has 0 radical (unpaired) electrons. The Kier molecular flexibility index (Phi) is 2.99. The number of hydrogen-bond acceptors (Lipinski definition) is 4. The molecule has 0 N–H and O–H groups in total. The summed E-state index contributed by atoms with van der Waals surface area (Å²) in [6.45, 7) is 4.02. The zero-order valence-electron chi connectivity index (χ0n) is 13.6. The van der Waals surface area contributed by atoms with Gasteiger partial charge in [-0.3, -0.25) is 0 Å². The van der Waals surface area contributed by atoms with Crippen LogP contribution in [-0.4, -0.2) is 24.8 Å². The molecule has 122 valence electrons. The average molecular weight is 322 g/mol. The van der Waals surface area contributed by atoms with Crippen LogP contribution < -0.4 is 9.47 Å². The van der Waals surface area contributed by atoms with Gasteiger partial charge in [0.05, 0.1) is 0 Å². The van der Waals surface area contributed by atoms with Gasteiger partial charge < -0.3 is 18.9 Å². The molecule has 4 heteroatoms. The fourth-order valence-electron chi connectivity index (χ4n) is 3.11. The van der Waals surface area contributed by atoms with Crippen LogP contribution in [0, 0.1) is 0 Å². The molecule has 24 heavy (non-hydrogen) atoms. The molecule has 2 aliphatic heterocycles. The van der Waals surface area contributed by atoms with Crippen molar-refractivity contribution in [2.45, 2.75) is 38.6 Å². The molecule has 2 saturated heterocycles. The Labute approximate surface area is 139 Å². The molecule has 0 amide bonds. The van der Waals surface area contributed by atoms with E-state index >= 15 is 0 Å². The number of fused-ring (bicyclic) bond motifs is 2. The monoisotopic (exact) mass is 322 g/mol. The van der Waals surface area contributed by atoms with Gasteiger partial charge in [0.15, 0.2) is 0 Å². The van der Waals surface area contributed by atoms with E-state index in [9.17, 15) is 0 Å². The van der Waals surface area contributed by atoms with Crippen LogP contribution in [0.25, 0.3) is 21.5 Å². The van der Waals surface area contributed by atoms with Gasteiger partial charge in [0, 0.05) is 21.5 Å². The van der Waals surface area contributed by atoms with E-state index in [1.807, 2.05) is 38.1 Å². The summed E-state index contributed by atoms with van der Waals surface area (Å²) in [4.78, 5) is 0. The highest BCUT2D eigenvalue weighted by Crippen LogP contribution is 2.45. The Morgan fingerprint density at radius 3 is 1.17 bits per heavy atom. The molecule has 4 unspecified atom stereocenters. The topological polar surface area (TPSA) is 43.5 Å². The van der Waals surface area contributed by atoms with Crippen LogP contribution in [0.1, 0.15) is 13.8 Å². The van der Waals surface area contributed by atoms with Gasteiger partial charge in [-0.15, -0.1) is 0 Å². The summed E-state index contributed by atoms with van der Waals surface area (Å²) >= 11 is 0. The van der Waals surface area contributed by atoms with Gasteiger partial charge in [0.2, 0.25) is 12.6 Å². The second-order valence-electron chi connectivity index (χ2n) is 6.40. The van der Waals surface area contributed by atoms with Crippen molar-refractivity contribution in [3.63, 3.8) is 0 Å². The van der Waals surface area contributed by atoms with Crippen molar-refractivity contribution in [2.75, 3.05) is 0 Å². The number of ether oxygens (including phenoxy) is 4. The van der Waals surface area contributed by atoms with Crippen LogP contribution in [0.4, 0.5) is 0 Å². The van der Waals surface area contributed by atoms with E-state index in [0.29, 0.717) is 0 Å². The van der Waals surface area contributed by atoms with Gasteiger partial charge in [-0.2, -0.15) is 0 Å². The predicted molar refractivity (Wildman–Crippen MR) is 91.4 cm³/mol. The zero-order chi connectivity index (χ0) is 16.3. The Bertz CT molecular complexity index is 802. The molecular weight excluding hydrogens is 304 g/mol. The smallest absolute Gasteiger partial charge is 0.226 e. The lowest BCUT2D eigenvalue weighted by atomic mass is 10.0. The number of rotatable bonds is 4. The normalized spacial score (nSPS) is 28.1. The summed E-state index contributed by atoms with van der Waals surface area (Å²) in [7, 11) is 0. The first-order chi connectivity index (χ1) is 11.7. The molecule has 5 rings (SSSR count). The summed E-state index contributed by atoms with van der Waals surface area (Å²) in [6.07, 6.45) is -0.0657. The van der Waals surface area contributed by atoms with E-state index in [1.165, 1.54) is 0 Å². The van der Waals surface area contributed by atoms with Gasteiger partial charge in [0.1, 0.15) is 23.7 Å². The molecule has 0 spiro atoms. The fraction of sp³-hybridized carbons (Fsp3) is 0.300. The number of hydrogen-bond donors (Lipinski definition) is 0. The molecule has 2 fully saturated rings. The fourth-order valence-corrected chi connectivity index (χ4v) is 3.11. The van der Waals surface area contributed by atoms with Gasteiger partial charge >= 0.3 is 0 Å². The third kappa shape index (κ3) is 2.22. The third-order valence-electron chi connectivity index (χ3n) is 4.61. The standard InChI is InChI=1S/C20H18O4/c1-11-19(21-11)23-17-13-7-3-5-9-15(13)18(24-20-12(2)22-20)16-10-6-4-8-14(16)17/h3-12,19-20H,1-2H3. The first-order valence-electron chi connectivity index (χ1n) is 8.30. The molecule has 2 heterocycles. The highest BCUT2D eigenvalue weighted by molar-refractivity contribution is 6.11. The molecule has 0 aromatic heterocycles. The minimum atomic E-state index is -0.171. The van der Waals surface area contributed by atoms with E-state index in [-0.39, 0.29) is 24.8 Å². The molecule has 2 aliphatic rings. The molecule has 4 nitrogen and oxygen atoms in total. The minimum Gasteiger partial charge on any atom is -0.461 e. The van der Waals surface area contributed by atoms with Crippen LogP contribution in [0.5, 0.6) is 11.5 Å². The van der Waals surface area contributed by atoms with Gasteiger partial charge in [-0.25, -0.2) is 0 Å². The van der Waals surface area contributed by atoms with Crippen LogP contribution in [-0.2, 0) is 9.47 Å². The van der Waals surface area contributed by atoms with Gasteiger partial charge in [-0.05, 0) is 13.8 Å². The van der Waals surface area contributed by atoms with E-state index in [2.05, 4.69) is 24.3 Å². The SMILES string of the molecule is CC1OC1Oc1c2ccccc2c(OC2OC2C)c2ccccc12. The number of epoxide rings is 2. The molecular formula is C20H18O4. The lowest BCUT2D eigenvalue weighted by molar-refractivity contribution is 0.179. The zero-order valence-corrected chi connectivity index (χ0v) is 13.6. The first kappa shape index (κ1) is 14.1. The molecule has 3 aromatic carbocycles. The Balaban J connectivity index is 1.76. The summed E-state index contributed by atoms with van der Waals surface area (Å²) < 4.78 is 23.2. The lowest BCUT2D eigenvalue weighted by Crippen LogP contribution is -2.05. The summed E-state index contributed by atoms with van der Waals surface area (Å²) in [5.74, 6) is 1.71. The maximum Gasteiger partial charge on any atom is 0.226 e. The summed E-state index contributed by atoms with van der Waals surface area (Å²) in [5.41, 5.74) is 0. The van der Waals surface area contributed by atoms with Crippen molar-refractivity contribution in [1.82, 2.24) is 0 Å². The predicted octanol–water partition coefficient (Wildman–Crippen LogP) is 4.24. The van der Waals surface area contributed by atoms with Crippen LogP contribution in [0.15, 0.2) is 48.5 Å². The lowest BCUT2D eigenvalue weighted by Gasteiger charge is -2.16. The van der Waals surface area contributed by atoms with E-state index in [4.69, 9.17) is 18.9 Å². The van der Waals surface area contributed by atoms with E-state index in [1.54, 1.807) is 0 Å². The van der Waals surface area contributed by atoms with Gasteiger partial charge in [0.25, 0.3) is 0 Å². The number of benzene rings is 3. The molecule has 0 bridgehead atoms. The molecule has 3 aromatic rings. The van der Waals surface area contributed by atoms with Crippen molar-refractivity contribution in [2.24, 2.45) is 0 Å². The molecule has 0 aliphatic carbocycles. The van der Waals surface area contributed by atoms with Crippen molar-refractivity contribution >= 4 is 21.5 Å². The maximum atomic E-state index is 6.15. The molecule has 0 saturated carbocycles. The Hall–Kier alpha value is -2.30. The van der Waals surface area contributed by atoms with E-state index in [0.717, 1.165) is 33.0 Å². The average Bonchev–Trinajstić information content (AvgIpc) is 3.50. The molecule has 4 atom stereocenters. The van der Waals surface area contributed by atoms with E-state index < -0.39 is 0 Å². The maximum absolute atomic E-state index is 6.15. The highest BCUT2D eigenvalue weighted by atomic mass is 16.8. The third-order valence-corrected chi connectivity index (χ3v) is 4.61. The van der Waals surface area contributed by atoms with Crippen LogP contribution in [0.3, 0.4) is 0 Å². The van der Waals surface area contributed by atoms with Gasteiger partial charge in [-0.1, -0.05) is 48.5 Å².